The molecule has 5 nitrogen and oxygen atoms in total. The lowest BCUT2D eigenvalue weighted by atomic mass is 10.1. The van der Waals surface area contributed by atoms with E-state index in [0.717, 1.165) is 13.0 Å². The van der Waals surface area contributed by atoms with E-state index in [0.29, 0.717) is 19.5 Å². The number of hydrogen-bond acceptors (Lipinski definition) is 2. The van der Waals surface area contributed by atoms with E-state index in [2.05, 4.69) is 12.2 Å². The first-order valence-electron chi connectivity index (χ1n) is 5.92. The second kappa shape index (κ2) is 6.27. The normalized spacial score (nSPS) is 17.3. The van der Waals surface area contributed by atoms with Gasteiger partial charge in [0.25, 0.3) is 0 Å². The molecule has 1 rings (SSSR count). The summed E-state index contributed by atoms with van der Waals surface area (Å²) in [6.45, 7) is 5.49. The van der Waals surface area contributed by atoms with Gasteiger partial charge in [0, 0.05) is 19.6 Å². The lowest BCUT2D eigenvalue weighted by molar-refractivity contribution is -0.141. The Morgan fingerprint density at radius 2 is 2.29 bits per heavy atom. The molecule has 0 aromatic carbocycles. The number of hydrogen-bond donors (Lipinski definition) is 2. The van der Waals surface area contributed by atoms with Crippen LogP contribution in [0.25, 0.3) is 0 Å². The summed E-state index contributed by atoms with van der Waals surface area (Å²) < 4.78 is 0. The Hall–Kier alpha value is -1.52. The summed E-state index contributed by atoms with van der Waals surface area (Å²) in [5.41, 5.74) is 1.31. The maximum absolute atomic E-state index is 11.7. The van der Waals surface area contributed by atoms with Gasteiger partial charge in [0.2, 0.25) is 0 Å². The number of nitrogens with one attached hydrogen (secondary N) is 1. The van der Waals surface area contributed by atoms with Crippen molar-refractivity contribution in [3.8, 4) is 0 Å². The molecule has 5 heteroatoms. The number of amides is 2. The molecule has 0 spiro atoms. The lowest BCUT2D eigenvalue weighted by Gasteiger charge is -2.25. The average Bonchev–Trinajstić information content (AvgIpc) is 2.29. The summed E-state index contributed by atoms with van der Waals surface area (Å²) in [5, 5.41) is 11.4. The van der Waals surface area contributed by atoms with Crippen molar-refractivity contribution in [1.82, 2.24) is 10.2 Å². The molecule has 1 heterocycles. The zero-order valence-electron chi connectivity index (χ0n) is 10.4. The van der Waals surface area contributed by atoms with E-state index in [1.165, 1.54) is 5.57 Å². The predicted molar refractivity (Wildman–Crippen MR) is 64.8 cm³/mol. The molecule has 2 amide bonds. The summed E-state index contributed by atoms with van der Waals surface area (Å²) in [4.78, 5) is 24.0. The number of nitrogens with zero attached hydrogens (tertiary/aromatic N) is 1. The molecular formula is C12H20N2O3. The summed E-state index contributed by atoms with van der Waals surface area (Å²) in [7, 11) is 0. The average molecular weight is 240 g/mol. The Bertz CT molecular complexity index is 326. The fraction of sp³-hybridized carbons (Fsp3) is 0.667. The van der Waals surface area contributed by atoms with Gasteiger partial charge in [-0.25, -0.2) is 4.79 Å². The molecule has 0 aromatic rings. The highest BCUT2D eigenvalue weighted by Crippen LogP contribution is 2.09. The second-order valence-corrected chi connectivity index (χ2v) is 4.51. The molecule has 0 saturated carbocycles. The summed E-state index contributed by atoms with van der Waals surface area (Å²) in [6, 6.07) is -0.105. The first kappa shape index (κ1) is 13.5. The number of carbonyl (C=O) groups is 2. The van der Waals surface area contributed by atoms with Crippen molar-refractivity contribution in [3.05, 3.63) is 11.6 Å². The second-order valence-electron chi connectivity index (χ2n) is 4.51. The highest BCUT2D eigenvalue weighted by molar-refractivity contribution is 5.74. The number of carboxylic acids is 1. The van der Waals surface area contributed by atoms with Crippen molar-refractivity contribution in [2.75, 3.05) is 19.6 Å². The minimum absolute atomic E-state index is 0.105. The molecule has 1 aliphatic rings. The fourth-order valence-electron chi connectivity index (χ4n) is 1.59. The van der Waals surface area contributed by atoms with Gasteiger partial charge >= 0.3 is 12.0 Å². The van der Waals surface area contributed by atoms with Gasteiger partial charge in [0.15, 0.2) is 0 Å². The fourth-order valence-corrected chi connectivity index (χ4v) is 1.59. The number of rotatable bonds is 4. The van der Waals surface area contributed by atoms with Gasteiger partial charge in [-0.1, -0.05) is 18.6 Å². The van der Waals surface area contributed by atoms with E-state index in [-0.39, 0.29) is 6.03 Å². The molecule has 0 aromatic heterocycles. The summed E-state index contributed by atoms with van der Waals surface area (Å²) in [5.74, 6) is -1.24. The van der Waals surface area contributed by atoms with Gasteiger partial charge in [-0.2, -0.15) is 0 Å². The van der Waals surface area contributed by atoms with E-state index in [9.17, 15) is 9.59 Å². The van der Waals surface area contributed by atoms with E-state index in [4.69, 9.17) is 5.11 Å². The third-order valence-corrected chi connectivity index (χ3v) is 3.00. The van der Waals surface area contributed by atoms with Gasteiger partial charge in [0.1, 0.15) is 0 Å². The Labute approximate surface area is 101 Å². The zero-order valence-corrected chi connectivity index (χ0v) is 10.4. The first-order valence-corrected chi connectivity index (χ1v) is 5.92. The molecule has 0 saturated heterocycles. The van der Waals surface area contributed by atoms with E-state index in [1.807, 2.05) is 6.08 Å². The van der Waals surface area contributed by atoms with E-state index in [1.54, 1.807) is 11.8 Å². The van der Waals surface area contributed by atoms with Crippen molar-refractivity contribution in [3.63, 3.8) is 0 Å². The predicted octanol–water partition coefficient (Wildman–Crippen LogP) is 1.46. The number of urea groups is 1. The molecule has 0 radical (unpaired) electrons. The molecular weight excluding hydrogens is 220 g/mol. The Morgan fingerprint density at radius 1 is 1.59 bits per heavy atom. The molecule has 1 unspecified atom stereocenters. The van der Waals surface area contributed by atoms with Crippen LogP contribution in [0.15, 0.2) is 11.6 Å². The molecule has 1 aliphatic heterocycles. The van der Waals surface area contributed by atoms with Crippen molar-refractivity contribution >= 4 is 12.0 Å². The van der Waals surface area contributed by atoms with Crippen molar-refractivity contribution in [2.24, 2.45) is 5.92 Å². The van der Waals surface area contributed by atoms with Crippen molar-refractivity contribution in [1.29, 1.82) is 0 Å². The monoisotopic (exact) mass is 240 g/mol. The molecule has 96 valence electrons. The van der Waals surface area contributed by atoms with Crippen molar-refractivity contribution < 1.29 is 14.7 Å². The molecule has 2 N–H and O–H groups in total. The van der Waals surface area contributed by atoms with Crippen molar-refractivity contribution in [2.45, 2.75) is 26.7 Å². The largest absolute Gasteiger partial charge is 0.481 e. The highest BCUT2D eigenvalue weighted by atomic mass is 16.4. The maximum Gasteiger partial charge on any atom is 0.317 e. The van der Waals surface area contributed by atoms with E-state index < -0.39 is 11.9 Å². The third-order valence-electron chi connectivity index (χ3n) is 3.00. The van der Waals surface area contributed by atoms with Crippen LogP contribution in [-0.4, -0.2) is 41.6 Å². The van der Waals surface area contributed by atoms with Gasteiger partial charge in [0.05, 0.1) is 5.92 Å². The number of carbonyl (C=O) groups excluding carboxylic acids is 1. The van der Waals surface area contributed by atoms with Crippen LogP contribution in [0.3, 0.4) is 0 Å². The van der Waals surface area contributed by atoms with E-state index >= 15 is 0 Å². The van der Waals surface area contributed by atoms with Crippen LogP contribution in [-0.2, 0) is 4.79 Å². The van der Waals surface area contributed by atoms with Crippen LogP contribution >= 0.6 is 0 Å². The Balaban J connectivity index is 2.24. The molecule has 17 heavy (non-hydrogen) atoms. The van der Waals surface area contributed by atoms with Crippen LogP contribution < -0.4 is 5.32 Å². The molecule has 0 aliphatic carbocycles. The van der Waals surface area contributed by atoms with Crippen LogP contribution in [0.4, 0.5) is 4.79 Å². The SMILES string of the molecule is CC1=CCN(C(=O)NCCC(C)C(=O)O)CC1. The number of carboxylic acid groups (broad SMARTS) is 1. The first-order chi connectivity index (χ1) is 8.00. The summed E-state index contributed by atoms with van der Waals surface area (Å²) >= 11 is 0. The number of aliphatic carboxylic acids is 1. The summed E-state index contributed by atoms with van der Waals surface area (Å²) in [6.07, 6.45) is 3.42. The minimum atomic E-state index is -0.823. The van der Waals surface area contributed by atoms with Crippen LogP contribution in [0, 0.1) is 5.92 Å². The molecule has 0 bridgehead atoms. The standard InChI is InChI=1S/C12H20N2O3/c1-9-4-7-14(8-5-9)12(17)13-6-3-10(2)11(15)16/h4,10H,3,5-8H2,1-2H3,(H,13,17)(H,15,16). The van der Waals surface area contributed by atoms with Crippen LogP contribution in [0.2, 0.25) is 0 Å². The third kappa shape index (κ3) is 4.46. The van der Waals surface area contributed by atoms with Gasteiger partial charge < -0.3 is 15.3 Å². The lowest BCUT2D eigenvalue weighted by Crippen LogP contribution is -2.42. The highest BCUT2D eigenvalue weighted by Gasteiger charge is 2.16. The quantitative estimate of drug-likeness (QED) is 0.731. The van der Waals surface area contributed by atoms with Crippen LogP contribution in [0.1, 0.15) is 26.7 Å². The van der Waals surface area contributed by atoms with Gasteiger partial charge in [-0.15, -0.1) is 0 Å². The smallest absolute Gasteiger partial charge is 0.317 e. The Morgan fingerprint density at radius 3 is 2.82 bits per heavy atom. The minimum Gasteiger partial charge on any atom is -0.481 e. The Kier molecular flexibility index (Phi) is 5.00. The van der Waals surface area contributed by atoms with Gasteiger partial charge in [-0.05, 0) is 19.8 Å². The topological polar surface area (TPSA) is 69.6 Å². The molecule has 0 fully saturated rings. The zero-order chi connectivity index (χ0) is 12.8. The maximum atomic E-state index is 11.7. The van der Waals surface area contributed by atoms with Crippen LogP contribution in [0.5, 0.6) is 0 Å². The van der Waals surface area contributed by atoms with Gasteiger partial charge in [-0.3, -0.25) is 4.79 Å². The molecule has 1 atom stereocenters.